The number of unbranched alkanes of at least 4 members (excludes halogenated alkanes) is 2. The van der Waals surface area contributed by atoms with Crippen LogP contribution in [0.15, 0.2) is 0 Å². The smallest absolute Gasteiger partial charge is 0.304 e. The molecule has 1 atom stereocenters. The summed E-state index contributed by atoms with van der Waals surface area (Å²) in [6.07, 6.45) is 7.46. The lowest BCUT2D eigenvalue weighted by Crippen LogP contribution is -2.34. The summed E-state index contributed by atoms with van der Waals surface area (Å²) in [7, 11) is 0. The molecule has 0 spiro atoms. The lowest BCUT2D eigenvalue weighted by Gasteiger charge is -2.26. The van der Waals surface area contributed by atoms with Gasteiger partial charge in [0, 0.05) is 6.04 Å². The molecule has 0 bridgehead atoms. The summed E-state index contributed by atoms with van der Waals surface area (Å²) in [5, 5.41) is 8.87. The maximum atomic E-state index is 10.8. The van der Waals surface area contributed by atoms with Gasteiger partial charge in [-0.05, 0) is 32.4 Å². The molecular formula is C12H23NO2. The van der Waals surface area contributed by atoms with Crippen LogP contribution < -0.4 is 0 Å². The van der Waals surface area contributed by atoms with Gasteiger partial charge in [-0.3, -0.25) is 9.69 Å². The van der Waals surface area contributed by atoms with E-state index >= 15 is 0 Å². The maximum Gasteiger partial charge on any atom is 0.304 e. The second-order valence-corrected chi connectivity index (χ2v) is 4.49. The van der Waals surface area contributed by atoms with Crippen molar-refractivity contribution in [3.05, 3.63) is 0 Å². The van der Waals surface area contributed by atoms with Gasteiger partial charge >= 0.3 is 5.97 Å². The molecule has 0 aromatic heterocycles. The van der Waals surface area contributed by atoms with Crippen molar-refractivity contribution >= 4 is 5.97 Å². The minimum atomic E-state index is -0.650. The fourth-order valence-electron chi connectivity index (χ4n) is 2.35. The molecule has 0 amide bonds. The van der Waals surface area contributed by atoms with E-state index in [2.05, 4.69) is 11.8 Å². The van der Waals surface area contributed by atoms with Crippen LogP contribution in [-0.4, -0.2) is 35.1 Å². The number of carboxylic acid groups (broad SMARTS) is 1. The largest absolute Gasteiger partial charge is 0.481 e. The Labute approximate surface area is 92.5 Å². The summed E-state index contributed by atoms with van der Waals surface area (Å²) < 4.78 is 0. The van der Waals surface area contributed by atoms with Crippen molar-refractivity contribution in [1.82, 2.24) is 4.90 Å². The average molecular weight is 213 g/mol. The zero-order valence-corrected chi connectivity index (χ0v) is 9.74. The van der Waals surface area contributed by atoms with Gasteiger partial charge in [-0.1, -0.05) is 26.2 Å². The Balaban J connectivity index is 2.33. The van der Waals surface area contributed by atoms with Crippen LogP contribution in [0.3, 0.4) is 0 Å². The number of hydrogen-bond donors (Lipinski definition) is 1. The lowest BCUT2D eigenvalue weighted by atomic mass is 10.0. The van der Waals surface area contributed by atoms with E-state index in [4.69, 9.17) is 5.11 Å². The van der Waals surface area contributed by atoms with Gasteiger partial charge in [0.05, 0.1) is 6.42 Å². The molecular weight excluding hydrogens is 190 g/mol. The molecule has 0 aromatic carbocycles. The van der Waals surface area contributed by atoms with E-state index in [1.165, 1.54) is 32.1 Å². The molecule has 1 unspecified atom stereocenters. The first-order valence-electron chi connectivity index (χ1n) is 6.20. The lowest BCUT2D eigenvalue weighted by molar-refractivity contribution is -0.138. The van der Waals surface area contributed by atoms with Crippen molar-refractivity contribution in [3.8, 4) is 0 Å². The van der Waals surface area contributed by atoms with Crippen molar-refractivity contribution in [1.29, 1.82) is 0 Å². The summed E-state index contributed by atoms with van der Waals surface area (Å²) in [5.41, 5.74) is 0. The summed E-state index contributed by atoms with van der Waals surface area (Å²) >= 11 is 0. The minimum Gasteiger partial charge on any atom is -0.481 e. The molecule has 1 aliphatic rings. The van der Waals surface area contributed by atoms with E-state index in [-0.39, 0.29) is 6.04 Å². The zero-order chi connectivity index (χ0) is 11.1. The quantitative estimate of drug-likeness (QED) is 0.661. The van der Waals surface area contributed by atoms with Gasteiger partial charge in [-0.2, -0.15) is 0 Å². The third-order valence-corrected chi connectivity index (χ3v) is 3.21. The van der Waals surface area contributed by atoms with Crippen LogP contribution >= 0.6 is 0 Å². The fourth-order valence-corrected chi connectivity index (χ4v) is 2.35. The Bertz CT molecular complexity index is 188. The first-order valence-corrected chi connectivity index (χ1v) is 6.20. The van der Waals surface area contributed by atoms with Crippen molar-refractivity contribution in [2.75, 3.05) is 13.1 Å². The molecule has 15 heavy (non-hydrogen) atoms. The first kappa shape index (κ1) is 12.5. The van der Waals surface area contributed by atoms with Gasteiger partial charge in [0.25, 0.3) is 0 Å². The molecule has 1 saturated heterocycles. The Morgan fingerprint density at radius 3 is 2.53 bits per heavy atom. The van der Waals surface area contributed by atoms with Crippen LogP contribution in [0.2, 0.25) is 0 Å². The number of rotatable bonds is 7. The van der Waals surface area contributed by atoms with Gasteiger partial charge in [0.2, 0.25) is 0 Å². The van der Waals surface area contributed by atoms with Crippen LogP contribution in [0, 0.1) is 0 Å². The highest BCUT2D eigenvalue weighted by Gasteiger charge is 2.23. The van der Waals surface area contributed by atoms with E-state index in [0.717, 1.165) is 19.5 Å². The fraction of sp³-hybridized carbons (Fsp3) is 0.917. The molecule has 3 nitrogen and oxygen atoms in total. The molecule has 88 valence electrons. The topological polar surface area (TPSA) is 40.5 Å². The number of nitrogens with zero attached hydrogens (tertiary/aromatic N) is 1. The molecule has 0 radical (unpaired) electrons. The molecule has 1 fully saturated rings. The van der Waals surface area contributed by atoms with Crippen LogP contribution in [-0.2, 0) is 4.79 Å². The minimum absolute atomic E-state index is 0.288. The van der Waals surface area contributed by atoms with Gasteiger partial charge in [0.15, 0.2) is 0 Å². The summed E-state index contributed by atoms with van der Waals surface area (Å²) in [4.78, 5) is 13.1. The monoisotopic (exact) mass is 213 g/mol. The Morgan fingerprint density at radius 1 is 1.33 bits per heavy atom. The molecule has 1 N–H and O–H groups in total. The van der Waals surface area contributed by atoms with E-state index in [1.807, 2.05) is 0 Å². The van der Waals surface area contributed by atoms with E-state index < -0.39 is 5.97 Å². The van der Waals surface area contributed by atoms with Gasteiger partial charge < -0.3 is 5.11 Å². The molecule has 1 rings (SSSR count). The van der Waals surface area contributed by atoms with E-state index in [1.54, 1.807) is 0 Å². The van der Waals surface area contributed by atoms with Gasteiger partial charge in [0.1, 0.15) is 0 Å². The maximum absolute atomic E-state index is 10.8. The van der Waals surface area contributed by atoms with Crippen LogP contribution in [0.1, 0.15) is 51.9 Å². The first-order chi connectivity index (χ1) is 7.24. The van der Waals surface area contributed by atoms with Crippen LogP contribution in [0.4, 0.5) is 0 Å². The summed E-state index contributed by atoms with van der Waals surface area (Å²) in [5.74, 6) is -0.650. The van der Waals surface area contributed by atoms with Gasteiger partial charge in [-0.25, -0.2) is 0 Å². The molecule has 1 aliphatic heterocycles. The SMILES string of the molecule is CCCCCC(CC(=O)O)N1CCCC1. The molecule has 1 heterocycles. The van der Waals surface area contributed by atoms with Crippen LogP contribution in [0.5, 0.6) is 0 Å². The van der Waals surface area contributed by atoms with Crippen LogP contribution in [0.25, 0.3) is 0 Å². The highest BCUT2D eigenvalue weighted by Crippen LogP contribution is 2.19. The Kier molecular flexibility index (Phi) is 5.69. The second-order valence-electron chi connectivity index (χ2n) is 4.49. The van der Waals surface area contributed by atoms with Crippen molar-refractivity contribution in [3.63, 3.8) is 0 Å². The number of likely N-dealkylation sites (tertiary alicyclic amines) is 1. The number of carbonyl (C=O) groups is 1. The second kappa shape index (κ2) is 6.83. The third kappa shape index (κ3) is 4.65. The molecule has 0 saturated carbocycles. The van der Waals surface area contributed by atoms with Crippen molar-refractivity contribution in [2.45, 2.75) is 57.9 Å². The zero-order valence-electron chi connectivity index (χ0n) is 9.74. The van der Waals surface area contributed by atoms with Crippen molar-refractivity contribution in [2.24, 2.45) is 0 Å². The standard InChI is InChI=1S/C12H23NO2/c1-2-3-4-7-11(10-12(14)15)13-8-5-6-9-13/h11H,2-10H2,1H3,(H,14,15). The summed E-state index contributed by atoms with van der Waals surface area (Å²) in [6, 6.07) is 0.288. The molecule has 3 heteroatoms. The third-order valence-electron chi connectivity index (χ3n) is 3.21. The number of carboxylic acids is 1. The van der Waals surface area contributed by atoms with Gasteiger partial charge in [-0.15, -0.1) is 0 Å². The van der Waals surface area contributed by atoms with E-state index in [0.29, 0.717) is 6.42 Å². The number of aliphatic carboxylic acids is 1. The van der Waals surface area contributed by atoms with E-state index in [9.17, 15) is 4.79 Å². The molecule has 0 aliphatic carbocycles. The Morgan fingerprint density at radius 2 is 2.00 bits per heavy atom. The summed E-state index contributed by atoms with van der Waals surface area (Å²) in [6.45, 7) is 4.39. The van der Waals surface area contributed by atoms with Crippen molar-refractivity contribution < 1.29 is 9.90 Å². The normalized spacial score (nSPS) is 19.3. The average Bonchev–Trinajstić information content (AvgIpc) is 2.68. The number of hydrogen-bond acceptors (Lipinski definition) is 2. The molecule has 0 aromatic rings. The Hall–Kier alpha value is -0.570. The predicted molar refractivity (Wildman–Crippen MR) is 61.0 cm³/mol. The predicted octanol–water partition coefficient (Wildman–Crippen LogP) is 2.51. The highest BCUT2D eigenvalue weighted by molar-refractivity contribution is 5.67. The highest BCUT2D eigenvalue weighted by atomic mass is 16.4.